The fourth-order valence-corrected chi connectivity index (χ4v) is 2.92. The minimum atomic E-state index is -0.595. The molecule has 0 aromatic heterocycles. The van der Waals surface area contributed by atoms with Crippen molar-refractivity contribution in [1.29, 1.82) is 0 Å². The van der Waals surface area contributed by atoms with Crippen molar-refractivity contribution >= 4 is 24.0 Å². The lowest BCUT2D eigenvalue weighted by molar-refractivity contribution is -0.385. The van der Waals surface area contributed by atoms with Gasteiger partial charge in [0.1, 0.15) is 12.2 Å². The number of halogens is 1. The molecular weight excluding hydrogens is 378 g/mol. The lowest BCUT2D eigenvalue weighted by Crippen LogP contribution is -2.46. The molecule has 9 nitrogen and oxygen atoms in total. The van der Waals surface area contributed by atoms with Crippen LogP contribution in [0.4, 0.5) is 5.69 Å². The van der Waals surface area contributed by atoms with Gasteiger partial charge in [-0.15, -0.1) is 12.4 Å². The molecule has 0 bridgehead atoms. The maximum Gasteiger partial charge on any atom is 0.286 e. The number of nitro benzene ring substituents is 1. The van der Waals surface area contributed by atoms with Gasteiger partial charge in [-0.25, -0.2) is 0 Å². The highest BCUT2D eigenvalue weighted by Crippen LogP contribution is 2.35. The molecule has 1 heterocycles. The zero-order valence-electron chi connectivity index (χ0n) is 15.6. The predicted octanol–water partition coefficient (Wildman–Crippen LogP) is 1.92. The zero-order valence-corrected chi connectivity index (χ0v) is 16.5. The van der Waals surface area contributed by atoms with Crippen LogP contribution in [0.25, 0.3) is 0 Å². The van der Waals surface area contributed by atoms with Crippen LogP contribution in [0.2, 0.25) is 0 Å². The summed E-state index contributed by atoms with van der Waals surface area (Å²) >= 11 is 0. The molecule has 1 aromatic carbocycles. The molecule has 2 atom stereocenters. The van der Waals surface area contributed by atoms with E-state index in [1.165, 1.54) is 26.4 Å². The van der Waals surface area contributed by atoms with Crippen LogP contribution in [0.1, 0.15) is 30.1 Å². The average molecular weight is 404 g/mol. The van der Waals surface area contributed by atoms with Gasteiger partial charge < -0.3 is 24.8 Å². The van der Waals surface area contributed by atoms with E-state index in [1.807, 2.05) is 6.92 Å². The highest BCUT2D eigenvalue weighted by atomic mass is 35.5. The predicted molar refractivity (Wildman–Crippen MR) is 102 cm³/mol. The topological polar surface area (TPSA) is 112 Å². The summed E-state index contributed by atoms with van der Waals surface area (Å²) in [6.07, 6.45) is 1.55. The Morgan fingerprint density at radius 1 is 1.33 bits per heavy atom. The van der Waals surface area contributed by atoms with Crippen LogP contribution in [0.5, 0.6) is 11.5 Å². The molecule has 0 aliphatic carbocycles. The van der Waals surface area contributed by atoms with E-state index in [1.54, 1.807) is 0 Å². The minimum absolute atomic E-state index is 0. The van der Waals surface area contributed by atoms with Crippen LogP contribution in [-0.2, 0) is 4.74 Å². The molecule has 1 aromatic rings. The van der Waals surface area contributed by atoms with Crippen LogP contribution in [0, 0.1) is 10.1 Å². The van der Waals surface area contributed by atoms with Gasteiger partial charge in [-0.2, -0.15) is 0 Å². The number of piperidine rings is 1. The van der Waals surface area contributed by atoms with Crippen molar-refractivity contribution in [2.45, 2.75) is 31.8 Å². The Bertz CT molecular complexity index is 658. The summed E-state index contributed by atoms with van der Waals surface area (Å²) in [7, 11) is 2.94. The maximum atomic E-state index is 12.6. The average Bonchev–Trinajstić information content (AvgIpc) is 2.61. The number of nitrogens with one attached hydrogen (secondary N) is 2. The second-order valence-corrected chi connectivity index (χ2v) is 6.17. The first-order valence-corrected chi connectivity index (χ1v) is 8.48. The number of benzene rings is 1. The number of nitrogens with zero attached hydrogens (tertiary/aromatic N) is 1. The molecule has 2 N–H and O–H groups in total. The van der Waals surface area contributed by atoms with Crippen LogP contribution in [0.15, 0.2) is 12.1 Å². The first kappa shape index (κ1) is 22.9. The molecule has 2 rings (SSSR count). The summed E-state index contributed by atoms with van der Waals surface area (Å²) in [5.74, 6) is -0.0311. The largest absolute Gasteiger partial charge is 0.493 e. The Labute approximate surface area is 164 Å². The second kappa shape index (κ2) is 10.9. The third-order valence-electron chi connectivity index (χ3n) is 4.23. The van der Waals surface area contributed by atoms with E-state index in [4.69, 9.17) is 14.2 Å². The van der Waals surface area contributed by atoms with Crippen molar-refractivity contribution in [2.24, 2.45) is 0 Å². The van der Waals surface area contributed by atoms with E-state index in [-0.39, 0.29) is 53.8 Å². The quantitative estimate of drug-likeness (QED) is 0.387. The number of amides is 1. The van der Waals surface area contributed by atoms with Gasteiger partial charge in [0.25, 0.3) is 11.6 Å². The van der Waals surface area contributed by atoms with Gasteiger partial charge in [0.05, 0.1) is 24.7 Å². The third-order valence-corrected chi connectivity index (χ3v) is 4.23. The number of carbonyl (C=O) groups is 1. The standard InChI is InChI=1S/C17H25N3O6.ClH/c1-11-8-12(4-5-18-11)19-17(21)13-9-15(25-3)16(26-7-6-24-2)10-14(13)20(22)23;/h9-12,18H,4-8H2,1-3H3,(H,19,21);1H. The fourth-order valence-electron chi connectivity index (χ4n) is 2.92. The minimum Gasteiger partial charge on any atom is -0.493 e. The molecule has 1 aliphatic heterocycles. The van der Waals surface area contributed by atoms with Gasteiger partial charge in [-0.3, -0.25) is 14.9 Å². The van der Waals surface area contributed by atoms with Crippen LogP contribution in [0.3, 0.4) is 0 Å². The van der Waals surface area contributed by atoms with Crippen molar-refractivity contribution in [3.8, 4) is 11.5 Å². The van der Waals surface area contributed by atoms with Crippen molar-refractivity contribution in [3.63, 3.8) is 0 Å². The Kier molecular flexibility index (Phi) is 9.27. The molecule has 152 valence electrons. The lowest BCUT2D eigenvalue weighted by Gasteiger charge is -2.28. The van der Waals surface area contributed by atoms with Crippen molar-refractivity contribution in [1.82, 2.24) is 10.6 Å². The smallest absolute Gasteiger partial charge is 0.286 e. The molecule has 0 spiro atoms. The number of ether oxygens (including phenoxy) is 3. The first-order valence-electron chi connectivity index (χ1n) is 8.48. The lowest BCUT2D eigenvalue weighted by atomic mass is 10.00. The monoisotopic (exact) mass is 403 g/mol. The molecule has 27 heavy (non-hydrogen) atoms. The molecular formula is C17H26ClN3O6. The van der Waals surface area contributed by atoms with Crippen LogP contribution >= 0.6 is 12.4 Å². The second-order valence-electron chi connectivity index (χ2n) is 6.17. The number of methoxy groups -OCH3 is 2. The summed E-state index contributed by atoms with van der Waals surface area (Å²) in [6, 6.07) is 2.83. The molecule has 2 unspecified atom stereocenters. The number of hydrogen-bond donors (Lipinski definition) is 2. The SMILES string of the molecule is COCCOc1cc([N+](=O)[O-])c(C(=O)NC2CCNC(C)C2)cc1OC.Cl. The van der Waals surface area contributed by atoms with E-state index in [2.05, 4.69) is 10.6 Å². The molecule has 1 fully saturated rings. The molecule has 1 saturated heterocycles. The van der Waals surface area contributed by atoms with Gasteiger partial charge in [-0.05, 0) is 26.3 Å². The maximum absolute atomic E-state index is 12.6. The zero-order chi connectivity index (χ0) is 19.1. The summed E-state index contributed by atoms with van der Waals surface area (Å²) < 4.78 is 15.6. The van der Waals surface area contributed by atoms with Gasteiger partial charge >= 0.3 is 0 Å². The van der Waals surface area contributed by atoms with Gasteiger partial charge in [0.2, 0.25) is 0 Å². The molecule has 1 amide bonds. The van der Waals surface area contributed by atoms with E-state index >= 15 is 0 Å². The first-order chi connectivity index (χ1) is 12.5. The van der Waals surface area contributed by atoms with Gasteiger partial charge in [-0.1, -0.05) is 0 Å². The Morgan fingerprint density at radius 3 is 2.67 bits per heavy atom. The van der Waals surface area contributed by atoms with E-state index < -0.39 is 10.8 Å². The number of rotatable bonds is 8. The van der Waals surface area contributed by atoms with E-state index in [9.17, 15) is 14.9 Å². The highest BCUT2D eigenvalue weighted by Gasteiger charge is 2.27. The van der Waals surface area contributed by atoms with Gasteiger partial charge in [0.15, 0.2) is 11.5 Å². The Morgan fingerprint density at radius 2 is 2.07 bits per heavy atom. The summed E-state index contributed by atoms with van der Waals surface area (Å²) in [5, 5.41) is 17.6. The highest BCUT2D eigenvalue weighted by molar-refractivity contribution is 5.99. The summed E-state index contributed by atoms with van der Waals surface area (Å²) in [5.41, 5.74) is -0.366. The van der Waals surface area contributed by atoms with Crippen molar-refractivity contribution < 1.29 is 23.9 Å². The summed E-state index contributed by atoms with van der Waals surface area (Å²) in [4.78, 5) is 23.5. The Balaban J connectivity index is 0.00000364. The molecule has 0 saturated carbocycles. The number of hydrogen-bond acceptors (Lipinski definition) is 7. The molecule has 0 radical (unpaired) electrons. The normalized spacial score (nSPS) is 18.9. The fraction of sp³-hybridized carbons (Fsp3) is 0.588. The van der Waals surface area contributed by atoms with Crippen LogP contribution in [-0.4, -0.2) is 56.9 Å². The summed E-state index contributed by atoms with van der Waals surface area (Å²) in [6.45, 7) is 3.37. The van der Waals surface area contributed by atoms with Crippen molar-refractivity contribution in [3.05, 3.63) is 27.8 Å². The molecule has 1 aliphatic rings. The van der Waals surface area contributed by atoms with Crippen LogP contribution < -0.4 is 20.1 Å². The Hall–Kier alpha value is -2.10. The van der Waals surface area contributed by atoms with E-state index in [0.29, 0.717) is 6.61 Å². The third kappa shape index (κ3) is 6.23. The van der Waals surface area contributed by atoms with Crippen molar-refractivity contribution in [2.75, 3.05) is 34.0 Å². The van der Waals surface area contributed by atoms with Gasteiger partial charge in [0, 0.05) is 25.3 Å². The number of nitro groups is 1. The number of carbonyl (C=O) groups excluding carboxylic acids is 1. The molecule has 10 heteroatoms. The van der Waals surface area contributed by atoms with E-state index in [0.717, 1.165) is 19.4 Å².